The topological polar surface area (TPSA) is 46.2 Å². The summed E-state index contributed by atoms with van der Waals surface area (Å²) in [7, 11) is -1.04. The Labute approximate surface area is 196 Å². The van der Waals surface area contributed by atoms with Crippen LogP contribution in [-0.2, 0) is 22.1 Å². The van der Waals surface area contributed by atoms with Gasteiger partial charge in [0.1, 0.15) is 5.82 Å². The molecule has 3 aromatic rings. The van der Waals surface area contributed by atoms with Crippen LogP contribution in [0.2, 0.25) is 0 Å². The molecule has 0 saturated carbocycles. The molecule has 1 aliphatic carbocycles. The van der Waals surface area contributed by atoms with Crippen LogP contribution in [0, 0.1) is 11.7 Å². The molecule has 1 amide bonds. The van der Waals surface area contributed by atoms with Gasteiger partial charge in [-0.1, -0.05) is 48.5 Å². The van der Waals surface area contributed by atoms with Crippen molar-refractivity contribution in [3.05, 3.63) is 106 Å². The first-order valence-corrected chi connectivity index (χ1v) is 12.4. The van der Waals surface area contributed by atoms with Gasteiger partial charge in [-0.3, -0.25) is 9.00 Å². The number of hydrogen-bond donors (Lipinski definition) is 1. The van der Waals surface area contributed by atoms with Crippen LogP contribution in [0.4, 0.5) is 4.39 Å². The third-order valence-corrected chi connectivity index (χ3v) is 6.96. The van der Waals surface area contributed by atoms with Crippen molar-refractivity contribution in [1.29, 1.82) is 0 Å². The fourth-order valence-electron chi connectivity index (χ4n) is 4.26. The average Bonchev–Trinajstić information content (AvgIpc) is 3.08. The molecular weight excluding hydrogens is 433 g/mol. The highest BCUT2D eigenvalue weighted by Crippen LogP contribution is 2.45. The summed E-state index contributed by atoms with van der Waals surface area (Å²) >= 11 is 0. The molecule has 0 aliphatic heterocycles. The maximum atomic E-state index is 14.2. The van der Waals surface area contributed by atoms with Gasteiger partial charge in [-0.25, -0.2) is 4.39 Å². The Kier molecular flexibility index (Phi) is 6.70. The lowest BCUT2D eigenvalue weighted by atomic mass is 9.92. The summed E-state index contributed by atoms with van der Waals surface area (Å²) in [5, 5.41) is 3.01. The predicted octanol–water partition coefficient (Wildman–Crippen LogP) is 5.84. The Bertz CT molecular complexity index is 1280. The first-order chi connectivity index (χ1) is 15.8. The van der Waals surface area contributed by atoms with E-state index in [1.165, 1.54) is 12.1 Å². The summed E-state index contributed by atoms with van der Waals surface area (Å²) < 4.78 is 25.9. The Hall–Kier alpha value is -3.31. The van der Waals surface area contributed by atoms with Crippen molar-refractivity contribution >= 4 is 33.9 Å². The van der Waals surface area contributed by atoms with Crippen molar-refractivity contribution in [1.82, 2.24) is 5.32 Å². The van der Waals surface area contributed by atoms with E-state index < -0.39 is 16.7 Å². The molecule has 0 saturated heterocycles. The Morgan fingerprint density at radius 3 is 2.39 bits per heavy atom. The molecule has 1 N–H and O–H groups in total. The first-order valence-electron chi connectivity index (χ1n) is 10.8. The fourth-order valence-corrected chi connectivity index (χ4v) is 4.78. The average molecular weight is 460 g/mol. The molecule has 0 aromatic heterocycles. The van der Waals surface area contributed by atoms with E-state index in [1.807, 2.05) is 74.5 Å². The van der Waals surface area contributed by atoms with Gasteiger partial charge in [-0.05, 0) is 83.2 Å². The van der Waals surface area contributed by atoms with Crippen LogP contribution >= 0.6 is 0 Å². The van der Waals surface area contributed by atoms with E-state index >= 15 is 0 Å². The quantitative estimate of drug-likeness (QED) is 0.503. The molecule has 0 spiro atoms. The number of amides is 1. The Morgan fingerprint density at radius 2 is 1.73 bits per heavy atom. The summed E-state index contributed by atoms with van der Waals surface area (Å²) in [5.41, 5.74) is 6.42. The molecule has 168 valence electrons. The van der Waals surface area contributed by atoms with Gasteiger partial charge < -0.3 is 5.32 Å². The smallest absolute Gasteiger partial charge is 0.227 e. The van der Waals surface area contributed by atoms with Crippen molar-refractivity contribution in [2.75, 3.05) is 6.26 Å². The lowest BCUT2D eigenvalue weighted by molar-refractivity contribution is -0.123. The Morgan fingerprint density at radius 1 is 1.03 bits per heavy atom. The molecular formula is C28H26FNO2S. The summed E-state index contributed by atoms with van der Waals surface area (Å²) in [5.74, 6) is -0.864. The van der Waals surface area contributed by atoms with Crippen LogP contribution in [0.15, 0.2) is 83.3 Å². The zero-order chi connectivity index (χ0) is 23.5. The number of benzene rings is 3. The second kappa shape index (κ2) is 9.67. The van der Waals surface area contributed by atoms with Crippen molar-refractivity contribution in [3.8, 4) is 0 Å². The van der Waals surface area contributed by atoms with E-state index in [1.54, 1.807) is 12.3 Å². The van der Waals surface area contributed by atoms with Crippen LogP contribution in [0.3, 0.4) is 0 Å². The minimum absolute atomic E-state index is 0.0977. The summed E-state index contributed by atoms with van der Waals surface area (Å²) in [4.78, 5) is 13.8. The van der Waals surface area contributed by atoms with Gasteiger partial charge in [0.2, 0.25) is 5.91 Å². The van der Waals surface area contributed by atoms with Crippen LogP contribution in [0.25, 0.3) is 17.2 Å². The lowest BCUT2D eigenvalue weighted by Crippen LogP contribution is -2.29. The second-order valence-electron chi connectivity index (χ2n) is 8.23. The third-order valence-electron chi connectivity index (χ3n) is 6.03. The van der Waals surface area contributed by atoms with Crippen molar-refractivity contribution in [2.24, 2.45) is 5.92 Å². The highest BCUT2D eigenvalue weighted by atomic mass is 32.2. The number of rotatable bonds is 6. The largest absolute Gasteiger partial charge is 0.352 e. The van der Waals surface area contributed by atoms with Gasteiger partial charge in [-0.2, -0.15) is 0 Å². The Balaban J connectivity index is 1.67. The second-order valence-corrected chi connectivity index (χ2v) is 9.61. The van der Waals surface area contributed by atoms with Crippen molar-refractivity contribution in [2.45, 2.75) is 25.3 Å². The molecule has 1 aliphatic rings. The van der Waals surface area contributed by atoms with Crippen molar-refractivity contribution < 1.29 is 13.4 Å². The van der Waals surface area contributed by atoms with Crippen molar-refractivity contribution in [3.63, 3.8) is 0 Å². The SMILES string of the molecule is CC1=C(C(C)C(=O)NCc2ccccc2)c2cc(F)ccc2/C1=C\c1ccc(S(C)=O)cc1. The number of nitrogens with one attached hydrogen (secondary N) is 1. The summed E-state index contributed by atoms with van der Waals surface area (Å²) in [6.45, 7) is 4.29. The normalized spacial score (nSPS) is 15.9. The lowest BCUT2D eigenvalue weighted by Gasteiger charge is -2.16. The molecule has 5 heteroatoms. The minimum Gasteiger partial charge on any atom is -0.352 e. The molecule has 0 radical (unpaired) electrons. The maximum absolute atomic E-state index is 14.2. The number of carbonyl (C=O) groups is 1. The molecule has 2 atom stereocenters. The zero-order valence-electron chi connectivity index (χ0n) is 18.9. The molecule has 0 heterocycles. The van der Waals surface area contributed by atoms with Gasteiger partial charge >= 0.3 is 0 Å². The van der Waals surface area contributed by atoms with Gasteiger partial charge in [0.25, 0.3) is 0 Å². The van der Waals surface area contributed by atoms with E-state index in [4.69, 9.17) is 0 Å². The fraction of sp³-hybridized carbons (Fsp3) is 0.179. The van der Waals surface area contributed by atoms with E-state index in [0.29, 0.717) is 6.54 Å². The van der Waals surface area contributed by atoms with E-state index in [-0.39, 0.29) is 11.7 Å². The van der Waals surface area contributed by atoms with E-state index in [0.717, 1.165) is 43.9 Å². The van der Waals surface area contributed by atoms with Crippen LogP contribution in [-0.4, -0.2) is 16.4 Å². The van der Waals surface area contributed by atoms with Crippen LogP contribution < -0.4 is 5.32 Å². The number of fused-ring (bicyclic) bond motifs is 1. The third kappa shape index (κ3) is 4.88. The van der Waals surface area contributed by atoms with Crippen LogP contribution in [0.5, 0.6) is 0 Å². The molecule has 33 heavy (non-hydrogen) atoms. The molecule has 3 nitrogen and oxygen atoms in total. The predicted molar refractivity (Wildman–Crippen MR) is 133 cm³/mol. The van der Waals surface area contributed by atoms with E-state index in [2.05, 4.69) is 5.32 Å². The molecule has 4 rings (SSSR count). The van der Waals surface area contributed by atoms with Gasteiger partial charge in [0.15, 0.2) is 0 Å². The number of halogens is 1. The number of hydrogen-bond acceptors (Lipinski definition) is 2. The number of carbonyl (C=O) groups excluding carboxylic acids is 1. The number of allylic oxidation sites excluding steroid dienone is 2. The monoisotopic (exact) mass is 459 g/mol. The highest BCUT2D eigenvalue weighted by molar-refractivity contribution is 7.84. The standard InChI is InChI=1S/C28H26FNO2S/c1-18-25(15-20-9-12-23(13-10-20)33(3)32)24-14-11-22(29)16-26(24)27(18)19(2)28(31)30-17-21-7-5-4-6-8-21/h4-16,19H,17H2,1-3H3,(H,30,31)/b25-15-. The minimum atomic E-state index is -1.04. The van der Waals surface area contributed by atoms with Gasteiger partial charge in [-0.15, -0.1) is 0 Å². The summed E-state index contributed by atoms with van der Waals surface area (Å²) in [6, 6.07) is 22.0. The molecule has 0 fully saturated rings. The van der Waals surface area contributed by atoms with Gasteiger partial charge in [0, 0.05) is 28.5 Å². The first kappa shape index (κ1) is 22.9. The maximum Gasteiger partial charge on any atom is 0.227 e. The highest BCUT2D eigenvalue weighted by Gasteiger charge is 2.30. The molecule has 3 aromatic carbocycles. The van der Waals surface area contributed by atoms with Crippen LogP contribution in [0.1, 0.15) is 36.1 Å². The summed E-state index contributed by atoms with van der Waals surface area (Å²) in [6.07, 6.45) is 3.69. The zero-order valence-corrected chi connectivity index (χ0v) is 19.7. The van der Waals surface area contributed by atoms with E-state index in [9.17, 15) is 13.4 Å². The molecule has 2 unspecified atom stereocenters. The molecule has 0 bridgehead atoms. The van der Waals surface area contributed by atoms with Gasteiger partial charge in [0.05, 0.1) is 5.92 Å².